The fourth-order valence-corrected chi connectivity index (χ4v) is 4.82. The normalized spacial score (nSPS) is 17.1. The topological polar surface area (TPSA) is 91.8 Å². The molecular formula is C19H21ClFN3O4S2. The van der Waals surface area contributed by atoms with Crippen LogP contribution in [0, 0.1) is 5.82 Å². The molecule has 0 aliphatic carbocycles. The summed E-state index contributed by atoms with van der Waals surface area (Å²) in [5, 5.41) is 13.4. The maximum absolute atomic E-state index is 13.3. The van der Waals surface area contributed by atoms with E-state index in [1.165, 1.54) is 29.2 Å². The molecule has 2 heterocycles. The van der Waals surface area contributed by atoms with E-state index in [-0.39, 0.29) is 29.2 Å². The van der Waals surface area contributed by atoms with E-state index in [9.17, 15) is 14.0 Å². The molecule has 1 saturated heterocycles. The second-order valence-corrected chi connectivity index (χ2v) is 9.23. The van der Waals surface area contributed by atoms with Gasteiger partial charge in [0.25, 0.3) is 0 Å². The number of carbonyl (C=O) groups excluding carboxylic acids is 1. The Morgan fingerprint density at radius 1 is 1.47 bits per heavy atom. The molecule has 30 heavy (non-hydrogen) atoms. The van der Waals surface area contributed by atoms with Gasteiger partial charge in [0.05, 0.1) is 35.6 Å². The van der Waals surface area contributed by atoms with Gasteiger partial charge in [-0.15, -0.1) is 11.3 Å². The number of aromatic nitrogens is 1. The molecule has 2 N–H and O–H groups in total. The number of amides is 1. The number of benzene rings is 1. The fraction of sp³-hybridized carbons (Fsp3) is 0.421. The van der Waals surface area contributed by atoms with E-state index in [4.69, 9.17) is 21.4 Å². The summed E-state index contributed by atoms with van der Waals surface area (Å²) in [6, 6.07) is 4.70. The molecule has 7 nitrogen and oxygen atoms in total. The van der Waals surface area contributed by atoms with Gasteiger partial charge in [-0.05, 0) is 17.7 Å². The molecule has 1 fully saturated rings. The number of carboxylic acid groups (broad SMARTS) is 1. The number of aliphatic carboxylic acids is 1. The summed E-state index contributed by atoms with van der Waals surface area (Å²) in [7, 11) is 0. The van der Waals surface area contributed by atoms with E-state index in [2.05, 4.69) is 15.2 Å². The van der Waals surface area contributed by atoms with Crippen LogP contribution in [-0.4, -0.2) is 65.0 Å². The third-order valence-corrected chi connectivity index (χ3v) is 6.69. The van der Waals surface area contributed by atoms with Crippen LogP contribution >= 0.6 is 34.7 Å². The Morgan fingerprint density at radius 2 is 2.30 bits per heavy atom. The highest BCUT2D eigenvalue weighted by Gasteiger charge is 2.21. The highest BCUT2D eigenvalue weighted by atomic mass is 35.5. The Labute approximate surface area is 186 Å². The van der Waals surface area contributed by atoms with Crippen molar-refractivity contribution >= 4 is 46.6 Å². The summed E-state index contributed by atoms with van der Waals surface area (Å²) < 4.78 is 19.7. The lowest BCUT2D eigenvalue weighted by atomic mass is 10.2. The van der Waals surface area contributed by atoms with Gasteiger partial charge in [0.2, 0.25) is 5.91 Å². The molecule has 1 aliphatic heterocycles. The van der Waals surface area contributed by atoms with Gasteiger partial charge < -0.3 is 15.2 Å². The summed E-state index contributed by atoms with van der Waals surface area (Å²) in [6.07, 6.45) is -0.256. The standard InChI is InChI=1S/C19H21ClFN3O4S2/c20-15-5-12(1-2-16(15)21)8-24-3-4-28-14(9-24)7-22-17(25)11-30-19-23-13(10-29-19)6-18(26)27/h1-2,5,10,14H,3-4,6-9,11H2,(H,22,25)(H,26,27)/t14-/m0/s1. The molecule has 11 heteroatoms. The third-order valence-electron chi connectivity index (χ3n) is 4.33. The van der Waals surface area contributed by atoms with Crippen molar-refractivity contribution in [2.75, 3.05) is 32.0 Å². The van der Waals surface area contributed by atoms with Crippen molar-refractivity contribution in [2.24, 2.45) is 0 Å². The maximum atomic E-state index is 13.3. The second-order valence-electron chi connectivity index (χ2n) is 6.74. The van der Waals surface area contributed by atoms with Gasteiger partial charge in [0.15, 0.2) is 4.34 Å². The van der Waals surface area contributed by atoms with Gasteiger partial charge in [-0.1, -0.05) is 29.4 Å². The molecule has 162 valence electrons. The van der Waals surface area contributed by atoms with Gasteiger partial charge in [-0.25, -0.2) is 9.37 Å². The van der Waals surface area contributed by atoms with Crippen molar-refractivity contribution in [1.82, 2.24) is 15.2 Å². The van der Waals surface area contributed by atoms with Crippen LogP contribution in [0.2, 0.25) is 5.02 Å². The molecule has 2 aromatic rings. The molecule has 0 radical (unpaired) electrons. The Morgan fingerprint density at radius 3 is 3.07 bits per heavy atom. The molecular weight excluding hydrogens is 453 g/mol. The molecule has 0 bridgehead atoms. The van der Waals surface area contributed by atoms with E-state index < -0.39 is 11.8 Å². The van der Waals surface area contributed by atoms with Crippen molar-refractivity contribution < 1.29 is 23.8 Å². The monoisotopic (exact) mass is 473 g/mol. The maximum Gasteiger partial charge on any atom is 0.309 e. The number of halogens is 2. The van der Waals surface area contributed by atoms with E-state index in [0.717, 1.165) is 12.1 Å². The lowest BCUT2D eigenvalue weighted by Gasteiger charge is -2.33. The molecule has 1 aliphatic rings. The van der Waals surface area contributed by atoms with Gasteiger partial charge in [0, 0.05) is 31.6 Å². The van der Waals surface area contributed by atoms with Gasteiger partial charge in [0.1, 0.15) is 5.82 Å². The van der Waals surface area contributed by atoms with Crippen molar-refractivity contribution in [3.05, 3.63) is 45.7 Å². The first-order valence-electron chi connectivity index (χ1n) is 9.22. The van der Waals surface area contributed by atoms with Crippen molar-refractivity contribution in [1.29, 1.82) is 0 Å². The predicted octanol–water partition coefficient (Wildman–Crippen LogP) is 2.67. The Kier molecular flexibility index (Phi) is 8.46. The quantitative estimate of drug-likeness (QED) is 0.541. The first-order chi connectivity index (χ1) is 14.4. The first kappa shape index (κ1) is 23.0. The number of nitrogens with zero attached hydrogens (tertiary/aromatic N) is 2. The minimum atomic E-state index is -0.932. The number of carbonyl (C=O) groups is 2. The average molecular weight is 474 g/mol. The van der Waals surface area contributed by atoms with Crippen molar-refractivity contribution in [3.63, 3.8) is 0 Å². The summed E-state index contributed by atoms with van der Waals surface area (Å²) in [5.41, 5.74) is 1.42. The fourth-order valence-electron chi connectivity index (χ4n) is 2.94. The number of thioether (sulfide) groups is 1. The minimum Gasteiger partial charge on any atom is -0.481 e. The first-order valence-corrected chi connectivity index (χ1v) is 11.5. The molecule has 1 atom stereocenters. The van der Waals surface area contributed by atoms with Gasteiger partial charge >= 0.3 is 5.97 Å². The highest BCUT2D eigenvalue weighted by Crippen LogP contribution is 2.23. The van der Waals surface area contributed by atoms with E-state index in [1.807, 2.05) is 0 Å². The number of hydrogen-bond donors (Lipinski definition) is 2. The number of nitrogens with one attached hydrogen (secondary N) is 1. The van der Waals surface area contributed by atoms with Crippen LogP contribution in [0.15, 0.2) is 27.9 Å². The molecule has 1 aromatic heterocycles. The van der Waals surface area contributed by atoms with Crippen LogP contribution in [0.5, 0.6) is 0 Å². The molecule has 1 amide bonds. The summed E-state index contributed by atoms with van der Waals surface area (Å²) in [5.74, 6) is -1.30. The zero-order valence-corrected chi connectivity index (χ0v) is 18.4. The second kappa shape index (κ2) is 11.1. The Hall–Kier alpha value is -1.72. The Bertz CT molecular complexity index is 898. The van der Waals surface area contributed by atoms with Crippen LogP contribution in [0.3, 0.4) is 0 Å². The number of morpholine rings is 1. The minimum absolute atomic E-state index is 0.109. The lowest BCUT2D eigenvalue weighted by Crippen LogP contribution is -2.47. The molecule has 0 unspecified atom stereocenters. The number of thiazole rings is 1. The summed E-state index contributed by atoms with van der Waals surface area (Å²) in [6.45, 7) is 2.97. The van der Waals surface area contributed by atoms with Crippen molar-refractivity contribution in [3.8, 4) is 0 Å². The van der Waals surface area contributed by atoms with Crippen LogP contribution in [0.4, 0.5) is 4.39 Å². The number of carboxylic acids is 1. The summed E-state index contributed by atoms with van der Waals surface area (Å²) in [4.78, 5) is 29.2. The van der Waals surface area contributed by atoms with Crippen LogP contribution in [-0.2, 0) is 27.3 Å². The largest absolute Gasteiger partial charge is 0.481 e. The zero-order chi connectivity index (χ0) is 21.5. The number of rotatable bonds is 9. The van der Waals surface area contributed by atoms with Crippen LogP contribution in [0.1, 0.15) is 11.3 Å². The van der Waals surface area contributed by atoms with E-state index in [0.29, 0.717) is 36.3 Å². The predicted molar refractivity (Wildman–Crippen MR) is 114 cm³/mol. The lowest BCUT2D eigenvalue weighted by molar-refractivity contribution is -0.136. The average Bonchev–Trinajstić information content (AvgIpc) is 3.14. The molecule has 0 spiro atoms. The number of hydrogen-bond acceptors (Lipinski definition) is 7. The SMILES string of the molecule is O=C(O)Cc1csc(SCC(=O)NC[C@H]2CN(Cc3ccc(F)c(Cl)c3)CCO2)n1. The summed E-state index contributed by atoms with van der Waals surface area (Å²) >= 11 is 8.45. The molecule has 3 rings (SSSR count). The third kappa shape index (κ3) is 7.21. The molecule has 0 saturated carbocycles. The van der Waals surface area contributed by atoms with Gasteiger partial charge in [-0.3, -0.25) is 14.5 Å². The van der Waals surface area contributed by atoms with E-state index in [1.54, 1.807) is 17.5 Å². The number of ether oxygens (including phenoxy) is 1. The highest BCUT2D eigenvalue weighted by molar-refractivity contribution is 8.01. The van der Waals surface area contributed by atoms with Crippen LogP contribution < -0.4 is 5.32 Å². The molecule has 1 aromatic carbocycles. The smallest absolute Gasteiger partial charge is 0.309 e. The zero-order valence-electron chi connectivity index (χ0n) is 16.0. The van der Waals surface area contributed by atoms with Crippen molar-refractivity contribution in [2.45, 2.75) is 23.4 Å². The van der Waals surface area contributed by atoms with Crippen LogP contribution in [0.25, 0.3) is 0 Å². The van der Waals surface area contributed by atoms with E-state index >= 15 is 0 Å². The Balaban J connectivity index is 1.39. The van der Waals surface area contributed by atoms with Gasteiger partial charge in [-0.2, -0.15) is 0 Å².